The van der Waals surface area contributed by atoms with Gasteiger partial charge in [-0.05, 0) is 29.8 Å². The first-order valence-electron chi connectivity index (χ1n) is 6.88. The molecule has 0 aromatic heterocycles. The van der Waals surface area contributed by atoms with Crippen LogP contribution in [0.4, 0.5) is 5.69 Å². The van der Waals surface area contributed by atoms with E-state index in [0.717, 1.165) is 10.2 Å². The van der Waals surface area contributed by atoms with E-state index in [2.05, 4.69) is 26.6 Å². The van der Waals surface area contributed by atoms with Crippen molar-refractivity contribution < 1.29 is 14.8 Å². The molecule has 1 atom stereocenters. The second kappa shape index (κ2) is 8.30. The summed E-state index contributed by atoms with van der Waals surface area (Å²) in [6.07, 6.45) is 0. The van der Waals surface area contributed by atoms with Gasteiger partial charge < -0.3 is 10.6 Å². The first-order valence-corrected chi connectivity index (χ1v) is 7.67. The van der Waals surface area contributed by atoms with Gasteiger partial charge in [-0.3, -0.25) is 14.8 Å². The van der Waals surface area contributed by atoms with E-state index in [1.165, 1.54) is 0 Å². The van der Waals surface area contributed by atoms with Gasteiger partial charge in [0.15, 0.2) is 0 Å². The van der Waals surface area contributed by atoms with E-state index < -0.39 is 11.9 Å². The van der Waals surface area contributed by atoms with Crippen molar-refractivity contribution in [1.29, 1.82) is 0 Å². The van der Waals surface area contributed by atoms with Gasteiger partial charge in [0.1, 0.15) is 6.04 Å². The number of hydrogen-bond acceptors (Lipinski definition) is 4. The quantitative estimate of drug-likeness (QED) is 0.458. The normalized spacial score (nSPS) is 11.4. The maximum Gasteiger partial charge on any atom is 0.270 e. The Hall–Kier alpha value is -2.38. The van der Waals surface area contributed by atoms with Crippen LogP contribution in [-0.2, 0) is 9.59 Å². The number of anilines is 1. The third-order valence-corrected chi connectivity index (χ3v) is 3.64. The lowest BCUT2D eigenvalue weighted by Crippen LogP contribution is -2.41. The van der Waals surface area contributed by atoms with E-state index >= 15 is 0 Å². The molecule has 0 aliphatic heterocycles. The molecular formula is C16H16BrN3O3. The van der Waals surface area contributed by atoms with Crippen molar-refractivity contribution in [3.05, 3.63) is 64.6 Å². The summed E-state index contributed by atoms with van der Waals surface area (Å²) >= 11 is 3.30. The van der Waals surface area contributed by atoms with Crippen molar-refractivity contribution in [2.45, 2.75) is 6.04 Å². The lowest BCUT2D eigenvalue weighted by atomic mass is 10.1. The molecule has 4 N–H and O–H groups in total. The molecule has 120 valence electrons. The Morgan fingerprint density at radius 3 is 2.30 bits per heavy atom. The van der Waals surface area contributed by atoms with Gasteiger partial charge in [0, 0.05) is 10.2 Å². The Labute approximate surface area is 142 Å². The van der Waals surface area contributed by atoms with E-state index in [9.17, 15) is 9.59 Å². The molecule has 0 fully saturated rings. The summed E-state index contributed by atoms with van der Waals surface area (Å²) in [4.78, 5) is 23.8. The highest BCUT2D eigenvalue weighted by atomic mass is 79.9. The molecule has 7 heteroatoms. The van der Waals surface area contributed by atoms with Crippen molar-refractivity contribution in [1.82, 2.24) is 10.8 Å². The van der Waals surface area contributed by atoms with Gasteiger partial charge in [-0.25, -0.2) is 5.48 Å². The molecule has 0 spiro atoms. The number of carbonyl (C=O) groups excluding carboxylic acids is 2. The Balaban J connectivity index is 2.01. The zero-order valence-corrected chi connectivity index (χ0v) is 13.7. The van der Waals surface area contributed by atoms with E-state index in [0.29, 0.717) is 5.56 Å². The smallest absolute Gasteiger partial charge is 0.270 e. The van der Waals surface area contributed by atoms with Crippen LogP contribution in [0.1, 0.15) is 11.6 Å². The summed E-state index contributed by atoms with van der Waals surface area (Å²) in [5.74, 6) is -1.08. The average molecular weight is 378 g/mol. The van der Waals surface area contributed by atoms with Crippen LogP contribution in [0, 0.1) is 0 Å². The first kappa shape index (κ1) is 17.0. The molecule has 2 aromatic carbocycles. The molecule has 0 saturated carbocycles. The van der Waals surface area contributed by atoms with E-state index in [-0.39, 0.29) is 12.5 Å². The lowest BCUT2D eigenvalue weighted by molar-refractivity contribution is -0.134. The fraction of sp³-hybridized carbons (Fsp3) is 0.125. The van der Waals surface area contributed by atoms with Crippen LogP contribution in [-0.4, -0.2) is 23.6 Å². The van der Waals surface area contributed by atoms with Crippen LogP contribution in [0.2, 0.25) is 0 Å². The SMILES string of the molecule is O=C(CNc1ccccc1)NC(C(=O)NO)c1ccc(Br)cc1. The standard InChI is InChI=1S/C16H16BrN3O3/c17-12-8-6-11(7-9-12)15(16(22)20-23)19-14(21)10-18-13-4-2-1-3-5-13/h1-9,15,18,23H,10H2,(H,19,21)(H,20,22). The van der Waals surface area contributed by atoms with Crippen LogP contribution in [0.5, 0.6) is 0 Å². The van der Waals surface area contributed by atoms with Crippen molar-refractivity contribution in [3.63, 3.8) is 0 Å². The summed E-state index contributed by atoms with van der Waals surface area (Å²) in [5, 5.41) is 14.4. The summed E-state index contributed by atoms with van der Waals surface area (Å²) < 4.78 is 0.849. The molecule has 0 bridgehead atoms. The number of halogens is 1. The van der Waals surface area contributed by atoms with Crippen molar-refractivity contribution in [3.8, 4) is 0 Å². The van der Waals surface area contributed by atoms with Gasteiger partial charge in [0.25, 0.3) is 5.91 Å². The Morgan fingerprint density at radius 2 is 1.70 bits per heavy atom. The number of benzene rings is 2. The molecule has 0 heterocycles. The fourth-order valence-electron chi connectivity index (χ4n) is 1.97. The van der Waals surface area contributed by atoms with E-state index in [1.807, 2.05) is 30.3 Å². The summed E-state index contributed by atoms with van der Waals surface area (Å²) in [6, 6.07) is 15.2. The Morgan fingerprint density at radius 1 is 1.04 bits per heavy atom. The predicted molar refractivity (Wildman–Crippen MR) is 89.9 cm³/mol. The molecule has 23 heavy (non-hydrogen) atoms. The number of amides is 2. The minimum absolute atomic E-state index is 0.00967. The minimum Gasteiger partial charge on any atom is -0.376 e. The maximum atomic E-state index is 12.0. The molecule has 1 unspecified atom stereocenters. The monoisotopic (exact) mass is 377 g/mol. The lowest BCUT2D eigenvalue weighted by Gasteiger charge is -2.17. The van der Waals surface area contributed by atoms with Crippen molar-refractivity contribution in [2.75, 3.05) is 11.9 Å². The van der Waals surface area contributed by atoms with Crippen LogP contribution in [0.3, 0.4) is 0 Å². The van der Waals surface area contributed by atoms with Crippen molar-refractivity contribution in [2.24, 2.45) is 0 Å². The second-order valence-electron chi connectivity index (χ2n) is 4.75. The molecule has 0 radical (unpaired) electrons. The Kier molecular flexibility index (Phi) is 6.13. The molecule has 6 nitrogen and oxygen atoms in total. The molecule has 0 aliphatic carbocycles. The molecular weight excluding hydrogens is 362 g/mol. The third kappa shape index (κ3) is 5.08. The van der Waals surface area contributed by atoms with E-state index in [4.69, 9.17) is 5.21 Å². The fourth-order valence-corrected chi connectivity index (χ4v) is 2.23. The van der Waals surface area contributed by atoms with Crippen molar-refractivity contribution >= 4 is 33.4 Å². The molecule has 0 aliphatic rings. The zero-order chi connectivity index (χ0) is 16.7. The highest BCUT2D eigenvalue weighted by Crippen LogP contribution is 2.17. The summed E-state index contributed by atoms with van der Waals surface area (Å²) in [7, 11) is 0. The number of rotatable bonds is 6. The highest BCUT2D eigenvalue weighted by Gasteiger charge is 2.22. The molecule has 2 rings (SSSR count). The molecule has 0 saturated heterocycles. The largest absolute Gasteiger partial charge is 0.376 e. The second-order valence-corrected chi connectivity index (χ2v) is 5.66. The van der Waals surface area contributed by atoms with Gasteiger partial charge in [-0.2, -0.15) is 0 Å². The first-order chi connectivity index (χ1) is 11.1. The molecule has 2 amide bonds. The van der Waals surface area contributed by atoms with Crippen LogP contribution >= 0.6 is 15.9 Å². The number of carbonyl (C=O) groups is 2. The average Bonchev–Trinajstić information content (AvgIpc) is 2.59. The summed E-state index contributed by atoms with van der Waals surface area (Å²) in [6.45, 7) is 0.00967. The number of para-hydroxylation sites is 1. The third-order valence-electron chi connectivity index (χ3n) is 3.11. The van der Waals surface area contributed by atoms with Crippen LogP contribution < -0.4 is 16.1 Å². The topological polar surface area (TPSA) is 90.5 Å². The maximum absolute atomic E-state index is 12.0. The summed E-state index contributed by atoms with van der Waals surface area (Å²) in [5.41, 5.74) is 2.93. The van der Waals surface area contributed by atoms with E-state index in [1.54, 1.807) is 29.7 Å². The van der Waals surface area contributed by atoms with Crippen LogP contribution in [0.15, 0.2) is 59.1 Å². The van der Waals surface area contributed by atoms with Gasteiger partial charge in [-0.15, -0.1) is 0 Å². The Bertz CT molecular complexity index is 662. The van der Waals surface area contributed by atoms with Gasteiger partial charge in [0.05, 0.1) is 6.54 Å². The number of nitrogens with one attached hydrogen (secondary N) is 3. The van der Waals surface area contributed by atoms with Gasteiger partial charge in [-0.1, -0.05) is 46.3 Å². The molecule has 2 aromatic rings. The number of hydroxylamine groups is 1. The van der Waals surface area contributed by atoms with Gasteiger partial charge in [0.2, 0.25) is 5.91 Å². The minimum atomic E-state index is -0.974. The zero-order valence-electron chi connectivity index (χ0n) is 12.1. The number of hydrogen-bond donors (Lipinski definition) is 4. The predicted octanol–water partition coefficient (Wildman–Crippen LogP) is 2.22. The highest BCUT2D eigenvalue weighted by molar-refractivity contribution is 9.10. The van der Waals surface area contributed by atoms with Gasteiger partial charge >= 0.3 is 0 Å². The van der Waals surface area contributed by atoms with Crippen LogP contribution in [0.25, 0.3) is 0 Å².